The molecule has 0 bridgehead atoms. The topological polar surface area (TPSA) is 64.2 Å². The highest BCUT2D eigenvalue weighted by atomic mass is 16.2. The molecule has 1 aromatic carbocycles. The van der Waals surface area contributed by atoms with Gasteiger partial charge in [-0.25, -0.2) is 4.68 Å². The Hall–Kier alpha value is -2.14. The SMILES string of the molecule is CC(N)C1CCCN(C(=O)c2cnn(-c3ccccc3)c2)C1. The van der Waals surface area contributed by atoms with Gasteiger partial charge in [-0.15, -0.1) is 0 Å². The fourth-order valence-corrected chi connectivity index (χ4v) is 2.96. The molecular weight excluding hydrogens is 276 g/mol. The van der Waals surface area contributed by atoms with Crippen LogP contribution in [0.25, 0.3) is 5.69 Å². The van der Waals surface area contributed by atoms with Crippen LogP contribution in [-0.2, 0) is 0 Å². The normalized spacial score (nSPS) is 19.9. The number of aromatic nitrogens is 2. The first kappa shape index (κ1) is 14.8. The van der Waals surface area contributed by atoms with Crippen molar-refractivity contribution in [1.82, 2.24) is 14.7 Å². The highest BCUT2D eigenvalue weighted by Crippen LogP contribution is 2.20. The molecule has 2 unspecified atom stereocenters. The largest absolute Gasteiger partial charge is 0.338 e. The van der Waals surface area contributed by atoms with Crippen LogP contribution in [0.15, 0.2) is 42.7 Å². The van der Waals surface area contributed by atoms with Crippen molar-refractivity contribution in [3.05, 3.63) is 48.3 Å². The standard InChI is InChI=1S/C17H22N4O/c1-13(18)14-6-5-9-20(11-14)17(22)15-10-19-21(12-15)16-7-3-2-4-8-16/h2-4,7-8,10,12-14H,5-6,9,11,18H2,1H3. The third kappa shape index (κ3) is 3.04. The first-order valence-corrected chi connectivity index (χ1v) is 7.80. The van der Waals surface area contributed by atoms with Crippen LogP contribution in [0.3, 0.4) is 0 Å². The van der Waals surface area contributed by atoms with Crippen molar-refractivity contribution in [1.29, 1.82) is 0 Å². The molecule has 1 amide bonds. The van der Waals surface area contributed by atoms with Gasteiger partial charge in [0.05, 0.1) is 17.4 Å². The monoisotopic (exact) mass is 298 g/mol. The minimum absolute atomic E-state index is 0.0486. The van der Waals surface area contributed by atoms with Crippen molar-refractivity contribution in [3.63, 3.8) is 0 Å². The summed E-state index contributed by atoms with van der Waals surface area (Å²) in [7, 11) is 0. The fraction of sp³-hybridized carbons (Fsp3) is 0.412. The number of piperidine rings is 1. The maximum absolute atomic E-state index is 12.6. The molecule has 1 aliphatic heterocycles. The van der Waals surface area contributed by atoms with E-state index in [1.54, 1.807) is 17.1 Å². The quantitative estimate of drug-likeness (QED) is 0.943. The van der Waals surface area contributed by atoms with E-state index in [1.807, 2.05) is 42.2 Å². The van der Waals surface area contributed by atoms with Gasteiger partial charge in [0.15, 0.2) is 0 Å². The lowest BCUT2D eigenvalue weighted by Gasteiger charge is -2.34. The number of para-hydroxylation sites is 1. The molecule has 0 saturated carbocycles. The van der Waals surface area contributed by atoms with Crippen LogP contribution in [-0.4, -0.2) is 39.7 Å². The fourth-order valence-electron chi connectivity index (χ4n) is 2.96. The highest BCUT2D eigenvalue weighted by molar-refractivity contribution is 5.93. The van der Waals surface area contributed by atoms with Gasteiger partial charge in [0.1, 0.15) is 0 Å². The predicted octanol–water partition coefficient (Wildman–Crippen LogP) is 2.07. The summed E-state index contributed by atoms with van der Waals surface area (Å²) in [6, 6.07) is 9.93. The molecule has 22 heavy (non-hydrogen) atoms. The van der Waals surface area contributed by atoms with Gasteiger partial charge >= 0.3 is 0 Å². The molecular formula is C17H22N4O. The van der Waals surface area contributed by atoms with Crippen LogP contribution in [0.2, 0.25) is 0 Å². The molecule has 0 radical (unpaired) electrons. The van der Waals surface area contributed by atoms with Gasteiger partial charge in [0, 0.05) is 25.3 Å². The van der Waals surface area contributed by atoms with Gasteiger partial charge in [0.2, 0.25) is 0 Å². The lowest BCUT2D eigenvalue weighted by molar-refractivity contribution is 0.0661. The minimum Gasteiger partial charge on any atom is -0.338 e. The number of amides is 1. The van der Waals surface area contributed by atoms with Crippen LogP contribution in [0.4, 0.5) is 0 Å². The van der Waals surface area contributed by atoms with Gasteiger partial charge in [-0.2, -0.15) is 5.10 Å². The third-order valence-electron chi connectivity index (χ3n) is 4.34. The molecule has 116 valence electrons. The van der Waals surface area contributed by atoms with Crippen molar-refractivity contribution < 1.29 is 4.79 Å². The lowest BCUT2D eigenvalue weighted by atomic mass is 9.92. The Kier molecular flexibility index (Phi) is 4.24. The zero-order valence-electron chi connectivity index (χ0n) is 12.9. The minimum atomic E-state index is 0.0486. The Balaban J connectivity index is 1.74. The molecule has 3 rings (SSSR count). The predicted molar refractivity (Wildman–Crippen MR) is 85.8 cm³/mol. The van der Waals surface area contributed by atoms with Gasteiger partial charge < -0.3 is 10.6 Å². The average molecular weight is 298 g/mol. The van der Waals surface area contributed by atoms with E-state index in [1.165, 1.54) is 0 Å². The molecule has 2 aromatic rings. The Morgan fingerprint density at radius 1 is 1.36 bits per heavy atom. The van der Waals surface area contributed by atoms with Gasteiger partial charge in [0.25, 0.3) is 5.91 Å². The summed E-state index contributed by atoms with van der Waals surface area (Å²) in [6.45, 7) is 3.57. The van der Waals surface area contributed by atoms with E-state index in [-0.39, 0.29) is 11.9 Å². The van der Waals surface area contributed by atoms with Gasteiger partial charge in [-0.3, -0.25) is 4.79 Å². The number of carbonyl (C=O) groups is 1. The first-order chi connectivity index (χ1) is 10.6. The van der Waals surface area contributed by atoms with E-state index >= 15 is 0 Å². The summed E-state index contributed by atoms with van der Waals surface area (Å²) in [6.07, 6.45) is 5.56. The van der Waals surface area contributed by atoms with Crippen molar-refractivity contribution in [2.45, 2.75) is 25.8 Å². The van der Waals surface area contributed by atoms with Crippen LogP contribution in [0.5, 0.6) is 0 Å². The van der Waals surface area contributed by atoms with Crippen LogP contribution in [0, 0.1) is 5.92 Å². The molecule has 2 N–H and O–H groups in total. The molecule has 1 aliphatic rings. The third-order valence-corrected chi connectivity index (χ3v) is 4.34. The number of nitrogens with zero attached hydrogens (tertiary/aromatic N) is 3. The van der Waals surface area contributed by atoms with E-state index in [0.29, 0.717) is 11.5 Å². The summed E-state index contributed by atoms with van der Waals surface area (Å²) < 4.78 is 1.74. The first-order valence-electron chi connectivity index (χ1n) is 7.80. The van der Waals surface area contributed by atoms with E-state index in [4.69, 9.17) is 5.73 Å². The maximum Gasteiger partial charge on any atom is 0.257 e. The lowest BCUT2D eigenvalue weighted by Crippen LogP contribution is -2.45. The molecule has 1 aromatic heterocycles. The van der Waals surface area contributed by atoms with Crippen molar-refractivity contribution in [2.75, 3.05) is 13.1 Å². The summed E-state index contributed by atoms with van der Waals surface area (Å²) in [5, 5.41) is 4.30. The summed E-state index contributed by atoms with van der Waals surface area (Å²) >= 11 is 0. The second-order valence-electron chi connectivity index (χ2n) is 6.02. The molecule has 5 heteroatoms. The average Bonchev–Trinajstić information content (AvgIpc) is 3.05. The molecule has 0 spiro atoms. The molecule has 1 saturated heterocycles. The second kappa shape index (κ2) is 6.32. The molecule has 1 fully saturated rings. The molecule has 0 aliphatic carbocycles. The number of carbonyl (C=O) groups excluding carboxylic acids is 1. The zero-order chi connectivity index (χ0) is 15.5. The van der Waals surface area contributed by atoms with Gasteiger partial charge in [-0.05, 0) is 37.8 Å². The summed E-state index contributed by atoms with van der Waals surface area (Å²) in [5.41, 5.74) is 7.58. The Morgan fingerprint density at radius 2 is 2.14 bits per heavy atom. The van der Waals surface area contributed by atoms with E-state index < -0.39 is 0 Å². The number of benzene rings is 1. The summed E-state index contributed by atoms with van der Waals surface area (Å²) in [4.78, 5) is 14.6. The smallest absolute Gasteiger partial charge is 0.257 e. The van der Waals surface area contributed by atoms with Crippen LogP contribution in [0.1, 0.15) is 30.1 Å². The van der Waals surface area contributed by atoms with E-state index in [9.17, 15) is 4.79 Å². The van der Waals surface area contributed by atoms with E-state index in [2.05, 4.69) is 5.10 Å². The van der Waals surface area contributed by atoms with Crippen molar-refractivity contribution in [2.24, 2.45) is 11.7 Å². The Labute approximate surface area is 130 Å². The van der Waals surface area contributed by atoms with E-state index in [0.717, 1.165) is 31.6 Å². The Morgan fingerprint density at radius 3 is 2.86 bits per heavy atom. The number of hydrogen-bond acceptors (Lipinski definition) is 3. The van der Waals surface area contributed by atoms with Crippen molar-refractivity contribution in [3.8, 4) is 5.69 Å². The number of hydrogen-bond donors (Lipinski definition) is 1. The number of likely N-dealkylation sites (tertiary alicyclic amines) is 1. The molecule has 5 nitrogen and oxygen atoms in total. The van der Waals surface area contributed by atoms with Gasteiger partial charge in [-0.1, -0.05) is 18.2 Å². The number of nitrogens with two attached hydrogens (primary N) is 1. The number of rotatable bonds is 3. The highest BCUT2D eigenvalue weighted by Gasteiger charge is 2.27. The molecule has 2 atom stereocenters. The second-order valence-corrected chi connectivity index (χ2v) is 6.02. The Bertz CT molecular complexity index is 635. The maximum atomic E-state index is 12.6. The van der Waals surface area contributed by atoms with Crippen LogP contribution < -0.4 is 5.73 Å². The van der Waals surface area contributed by atoms with Crippen molar-refractivity contribution >= 4 is 5.91 Å². The molecule has 2 heterocycles. The summed E-state index contributed by atoms with van der Waals surface area (Å²) in [5.74, 6) is 0.439. The zero-order valence-corrected chi connectivity index (χ0v) is 12.9. The van der Waals surface area contributed by atoms with Crippen LogP contribution >= 0.6 is 0 Å².